The SMILES string of the molecule is Cc1c(NCCN2CCCCC2)ccc2c1CC(=O)N(c1ccc(NC(=O)NSc3cc(Cl)c(Cl)s3)cc1)C2=O. The van der Waals surface area contributed by atoms with Gasteiger partial charge in [0.05, 0.1) is 21.3 Å². The molecule has 2 aliphatic heterocycles. The molecule has 5 rings (SSSR count). The molecule has 1 aromatic heterocycles. The van der Waals surface area contributed by atoms with Crippen LogP contribution in [0.15, 0.2) is 46.7 Å². The third kappa shape index (κ3) is 6.58. The summed E-state index contributed by atoms with van der Waals surface area (Å²) in [7, 11) is 0. The lowest BCUT2D eigenvalue weighted by atomic mass is 9.92. The van der Waals surface area contributed by atoms with Crippen LogP contribution in [0.4, 0.5) is 21.9 Å². The van der Waals surface area contributed by atoms with Gasteiger partial charge in [-0.2, -0.15) is 0 Å². The summed E-state index contributed by atoms with van der Waals surface area (Å²) < 4.78 is 3.87. The predicted molar refractivity (Wildman–Crippen MR) is 164 cm³/mol. The van der Waals surface area contributed by atoms with Gasteiger partial charge in [-0.1, -0.05) is 29.6 Å². The molecule has 8 nitrogen and oxygen atoms in total. The van der Waals surface area contributed by atoms with Crippen molar-refractivity contribution in [2.24, 2.45) is 0 Å². The van der Waals surface area contributed by atoms with Gasteiger partial charge in [-0.3, -0.25) is 14.3 Å². The largest absolute Gasteiger partial charge is 0.384 e. The number of imide groups is 1. The number of hydrogen-bond donors (Lipinski definition) is 3. The minimum atomic E-state index is -0.437. The first-order chi connectivity index (χ1) is 19.3. The molecule has 2 aromatic carbocycles. The molecule has 12 heteroatoms. The van der Waals surface area contributed by atoms with Gasteiger partial charge in [0.2, 0.25) is 5.91 Å². The van der Waals surface area contributed by atoms with Crippen molar-refractivity contribution < 1.29 is 14.4 Å². The summed E-state index contributed by atoms with van der Waals surface area (Å²) in [6.45, 7) is 6.05. The molecule has 0 saturated carbocycles. The van der Waals surface area contributed by atoms with Gasteiger partial charge >= 0.3 is 6.03 Å². The molecule has 40 heavy (non-hydrogen) atoms. The lowest BCUT2D eigenvalue weighted by Gasteiger charge is -2.29. The lowest BCUT2D eigenvalue weighted by molar-refractivity contribution is -0.117. The van der Waals surface area contributed by atoms with E-state index in [1.54, 1.807) is 36.4 Å². The number of thiophene rings is 1. The number of likely N-dealkylation sites (tertiary alicyclic amines) is 1. The zero-order valence-electron chi connectivity index (χ0n) is 21.9. The number of nitrogens with one attached hydrogen (secondary N) is 3. The van der Waals surface area contributed by atoms with Crippen molar-refractivity contribution in [2.75, 3.05) is 41.7 Å². The van der Waals surface area contributed by atoms with Gasteiger partial charge in [-0.05, 0) is 98.4 Å². The van der Waals surface area contributed by atoms with E-state index in [9.17, 15) is 14.4 Å². The average Bonchev–Trinajstić information content (AvgIpc) is 3.27. The molecule has 2 aliphatic rings. The maximum absolute atomic E-state index is 13.4. The van der Waals surface area contributed by atoms with Crippen molar-refractivity contribution in [1.29, 1.82) is 0 Å². The molecular weight excluding hydrogens is 589 g/mol. The summed E-state index contributed by atoms with van der Waals surface area (Å²) in [6.07, 6.45) is 3.97. The van der Waals surface area contributed by atoms with E-state index < -0.39 is 6.03 Å². The van der Waals surface area contributed by atoms with Crippen LogP contribution in [0.1, 0.15) is 40.7 Å². The summed E-state index contributed by atoms with van der Waals surface area (Å²) in [6, 6.07) is 11.6. The van der Waals surface area contributed by atoms with Gasteiger partial charge in [-0.15, -0.1) is 11.3 Å². The van der Waals surface area contributed by atoms with Crippen LogP contribution >= 0.6 is 46.5 Å². The summed E-state index contributed by atoms with van der Waals surface area (Å²) in [5.74, 6) is -0.633. The Hall–Kier alpha value is -2.76. The van der Waals surface area contributed by atoms with E-state index in [1.165, 1.54) is 35.5 Å². The van der Waals surface area contributed by atoms with E-state index >= 15 is 0 Å². The van der Waals surface area contributed by atoms with Crippen LogP contribution in [0.5, 0.6) is 0 Å². The zero-order valence-corrected chi connectivity index (χ0v) is 25.0. The molecule has 0 unspecified atom stereocenters. The molecule has 210 valence electrons. The van der Waals surface area contributed by atoms with Crippen LogP contribution in [-0.4, -0.2) is 48.9 Å². The van der Waals surface area contributed by atoms with E-state index in [0.29, 0.717) is 26.3 Å². The molecule has 0 spiro atoms. The van der Waals surface area contributed by atoms with E-state index in [4.69, 9.17) is 23.2 Å². The Morgan fingerprint density at radius 1 is 1.05 bits per heavy atom. The summed E-state index contributed by atoms with van der Waals surface area (Å²) in [5.41, 5.74) is 4.17. The fraction of sp³-hybridized carbons (Fsp3) is 0.321. The van der Waals surface area contributed by atoms with Gasteiger partial charge in [0.15, 0.2) is 0 Å². The number of benzene rings is 2. The fourth-order valence-electron chi connectivity index (χ4n) is 4.96. The zero-order chi connectivity index (χ0) is 28.2. The molecule has 1 fully saturated rings. The number of carbonyl (C=O) groups is 3. The molecule has 3 heterocycles. The van der Waals surface area contributed by atoms with Crippen LogP contribution in [0.25, 0.3) is 0 Å². The van der Waals surface area contributed by atoms with Crippen molar-refractivity contribution in [1.82, 2.24) is 9.62 Å². The fourth-order valence-corrected chi connectivity index (χ4v) is 7.23. The van der Waals surface area contributed by atoms with Crippen molar-refractivity contribution in [3.05, 3.63) is 68.5 Å². The lowest BCUT2D eigenvalue weighted by Crippen LogP contribution is -2.42. The molecule has 3 N–H and O–H groups in total. The molecule has 0 aliphatic carbocycles. The highest BCUT2D eigenvalue weighted by Crippen LogP contribution is 2.36. The second-order valence-corrected chi connectivity index (χ2v) is 12.9. The molecule has 4 amide bonds. The first-order valence-corrected chi connectivity index (χ1v) is 15.4. The highest BCUT2D eigenvalue weighted by atomic mass is 35.5. The number of rotatable bonds is 8. The second kappa shape index (κ2) is 12.8. The van der Waals surface area contributed by atoms with Gasteiger partial charge in [-0.25, -0.2) is 9.69 Å². The summed E-state index contributed by atoms with van der Waals surface area (Å²) in [5, 5.41) is 6.66. The molecular formula is C28H29Cl2N5O3S2. The highest BCUT2D eigenvalue weighted by Gasteiger charge is 2.33. The number of halogens is 2. The van der Waals surface area contributed by atoms with E-state index in [-0.39, 0.29) is 18.2 Å². The quantitative estimate of drug-likeness (QED) is 0.190. The maximum Gasteiger partial charge on any atom is 0.329 e. The highest BCUT2D eigenvalue weighted by molar-refractivity contribution is 7.99. The van der Waals surface area contributed by atoms with Crippen LogP contribution in [0.3, 0.4) is 0 Å². The van der Waals surface area contributed by atoms with E-state index in [0.717, 1.165) is 59.2 Å². The Morgan fingerprint density at radius 2 is 1.80 bits per heavy atom. The van der Waals surface area contributed by atoms with Crippen molar-refractivity contribution in [2.45, 2.75) is 36.8 Å². The number of amides is 4. The van der Waals surface area contributed by atoms with Gasteiger partial charge in [0, 0.05) is 30.0 Å². The number of urea groups is 1. The van der Waals surface area contributed by atoms with Crippen LogP contribution in [0.2, 0.25) is 9.36 Å². The minimum absolute atomic E-state index is 0.144. The van der Waals surface area contributed by atoms with Crippen LogP contribution in [-0.2, 0) is 11.2 Å². The number of anilines is 3. The molecule has 0 bridgehead atoms. The van der Waals surface area contributed by atoms with Gasteiger partial charge in [0.25, 0.3) is 5.91 Å². The first-order valence-electron chi connectivity index (χ1n) is 13.0. The monoisotopic (exact) mass is 617 g/mol. The number of piperidine rings is 1. The van der Waals surface area contributed by atoms with Crippen LogP contribution < -0.4 is 20.3 Å². The molecule has 1 saturated heterocycles. The number of nitrogens with zero attached hydrogens (tertiary/aromatic N) is 2. The molecule has 0 radical (unpaired) electrons. The Balaban J connectivity index is 1.20. The van der Waals surface area contributed by atoms with Crippen molar-refractivity contribution in [3.63, 3.8) is 0 Å². The van der Waals surface area contributed by atoms with Crippen molar-refractivity contribution >= 4 is 81.4 Å². The smallest absolute Gasteiger partial charge is 0.329 e. The standard InChI is InChI=1S/C28H29Cl2N5O3S2/c1-17-21-15-24(36)35(27(37)20(21)9-10-23(17)31-11-14-34-12-3-2-4-13-34)19-7-5-18(6-8-19)32-28(38)33-40-25-16-22(29)26(30)39-25/h5-10,16,31H,2-4,11-15H2,1H3,(H2,32,33,38). The topological polar surface area (TPSA) is 93.8 Å². The molecule has 0 atom stereocenters. The van der Waals surface area contributed by atoms with E-state index in [1.807, 2.05) is 13.0 Å². The molecule has 3 aromatic rings. The normalized spacial score (nSPS) is 15.6. The maximum atomic E-state index is 13.4. The van der Waals surface area contributed by atoms with Crippen molar-refractivity contribution in [3.8, 4) is 0 Å². The second-order valence-electron chi connectivity index (χ2n) is 9.70. The first kappa shape index (κ1) is 28.8. The summed E-state index contributed by atoms with van der Waals surface area (Å²) >= 11 is 14.3. The third-order valence-electron chi connectivity index (χ3n) is 7.05. The number of carbonyl (C=O) groups excluding carboxylic acids is 3. The number of hydrogen-bond acceptors (Lipinski definition) is 7. The third-order valence-corrected chi connectivity index (χ3v) is 9.82. The van der Waals surface area contributed by atoms with Gasteiger partial charge in [0.1, 0.15) is 4.34 Å². The minimum Gasteiger partial charge on any atom is -0.384 e. The summed E-state index contributed by atoms with van der Waals surface area (Å²) in [4.78, 5) is 42.5. The average molecular weight is 619 g/mol. The van der Waals surface area contributed by atoms with E-state index in [2.05, 4.69) is 20.3 Å². The Morgan fingerprint density at radius 3 is 2.50 bits per heavy atom. The Labute approximate surface area is 251 Å². The Kier molecular flexibility index (Phi) is 9.22. The number of fused-ring (bicyclic) bond motifs is 1. The predicted octanol–water partition coefficient (Wildman–Crippen LogP) is 6.82. The Bertz CT molecular complexity index is 1400. The van der Waals surface area contributed by atoms with Gasteiger partial charge < -0.3 is 15.5 Å². The van der Waals surface area contributed by atoms with Crippen LogP contribution in [0, 0.1) is 6.92 Å².